The number of aromatic nitrogens is 2. The van der Waals surface area contributed by atoms with Crippen molar-refractivity contribution in [2.45, 2.75) is 19.6 Å². The van der Waals surface area contributed by atoms with Gasteiger partial charge in [0.05, 0.1) is 12.7 Å². The first-order valence-corrected chi connectivity index (χ1v) is 5.15. The number of methoxy groups -OCH3 is 1. The lowest BCUT2D eigenvalue weighted by Crippen LogP contribution is -2.29. The van der Waals surface area contributed by atoms with E-state index in [1.54, 1.807) is 12.4 Å². The third-order valence-corrected chi connectivity index (χ3v) is 2.12. The molecule has 6 nitrogen and oxygen atoms in total. The largest absolute Gasteiger partial charge is 0.389 e. The monoisotopic (exact) mass is 227 g/mol. The van der Waals surface area contributed by atoms with Gasteiger partial charge in [-0.2, -0.15) is 0 Å². The van der Waals surface area contributed by atoms with Gasteiger partial charge in [0.25, 0.3) is 5.56 Å². The molecule has 0 aliphatic heterocycles. The number of nitrogens with one attached hydrogen (secondary N) is 1. The van der Waals surface area contributed by atoms with Crippen LogP contribution in [0.25, 0.3) is 0 Å². The zero-order valence-electron chi connectivity index (χ0n) is 9.51. The molecule has 0 aromatic carbocycles. The van der Waals surface area contributed by atoms with Crippen LogP contribution in [0.1, 0.15) is 6.92 Å². The smallest absolute Gasteiger partial charge is 0.293 e. The number of hydrogen-bond donors (Lipinski definition) is 2. The molecule has 0 aliphatic rings. The highest BCUT2D eigenvalue weighted by Crippen LogP contribution is 1.94. The normalized spacial score (nSPS) is 12.4. The number of rotatable bonds is 6. The lowest BCUT2D eigenvalue weighted by atomic mass is 10.4. The average Bonchev–Trinajstić information content (AvgIpc) is 2.28. The van der Waals surface area contributed by atoms with Gasteiger partial charge in [-0.1, -0.05) is 0 Å². The third kappa shape index (κ3) is 3.32. The molecule has 1 aromatic heterocycles. The van der Waals surface area contributed by atoms with Crippen LogP contribution in [0.5, 0.6) is 0 Å². The minimum absolute atomic E-state index is 0.186. The summed E-state index contributed by atoms with van der Waals surface area (Å²) in [5.74, 6) is 0.250. The maximum Gasteiger partial charge on any atom is 0.293 e. The van der Waals surface area contributed by atoms with Gasteiger partial charge in [0, 0.05) is 32.6 Å². The van der Waals surface area contributed by atoms with Crippen LogP contribution >= 0.6 is 0 Å². The Balaban J connectivity index is 2.64. The van der Waals surface area contributed by atoms with Gasteiger partial charge < -0.3 is 19.7 Å². The van der Waals surface area contributed by atoms with Crippen molar-refractivity contribution in [1.82, 2.24) is 9.55 Å². The van der Waals surface area contributed by atoms with E-state index in [0.717, 1.165) is 0 Å². The molecule has 1 atom stereocenters. The second kappa shape index (κ2) is 6.24. The first-order chi connectivity index (χ1) is 7.69. The van der Waals surface area contributed by atoms with Crippen LogP contribution < -0.4 is 10.9 Å². The fourth-order valence-electron chi connectivity index (χ4n) is 1.28. The van der Waals surface area contributed by atoms with Gasteiger partial charge in [-0.05, 0) is 6.92 Å². The van der Waals surface area contributed by atoms with E-state index in [2.05, 4.69) is 10.3 Å². The minimum atomic E-state index is -0.651. The molecular formula is C10H17N3O3. The molecule has 1 heterocycles. The Labute approximate surface area is 93.9 Å². The first kappa shape index (κ1) is 12.7. The van der Waals surface area contributed by atoms with Gasteiger partial charge in [-0.25, -0.2) is 4.98 Å². The van der Waals surface area contributed by atoms with Crippen LogP contribution in [-0.4, -0.2) is 41.0 Å². The highest BCUT2D eigenvalue weighted by molar-refractivity contribution is 5.30. The molecule has 0 radical (unpaired) electrons. The zero-order valence-corrected chi connectivity index (χ0v) is 9.51. The van der Waals surface area contributed by atoms with Gasteiger partial charge in [-0.3, -0.25) is 4.79 Å². The van der Waals surface area contributed by atoms with E-state index in [-0.39, 0.29) is 24.5 Å². The van der Waals surface area contributed by atoms with Crippen LogP contribution in [0.15, 0.2) is 17.2 Å². The van der Waals surface area contributed by atoms with Crippen LogP contribution in [0.4, 0.5) is 5.82 Å². The molecule has 0 spiro atoms. The summed E-state index contributed by atoms with van der Waals surface area (Å²) < 4.78 is 6.31. The molecule has 1 rings (SSSR count). The molecule has 6 heteroatoms. The first-order valence-electron chi connectivity index (χ1n) is 5.15. The highest BCUT2D eigenvalue weighted by Gasteiger charge is 2.06. The Morgan fingerprint density at radius 3 is 3.06 bits per heavy atom. The number of hydrogen-bond acceptors (Lipinski definition) is 5. The average molecular weight is 227 g/mol. The fourth-order valence-corrected chi connectivity index (χ4v) is 1.28. The summed E-state index contributed by atoms with van der Waals surface area (Å²) in [7, 11) is 1.51. The van der Waals surface area contributed by atoms with Gasteiger partial charge in [0.15, 0.2) is 5.82 Å². The van der Waals surface area contributed by atoms with Crippen LogP contribution in [0, 0.1) is 0 Å². The maximum absolute atomic E-state index is 11.7. The summed E-state index contributed by atoms with van der Waals surface area (Å²) >= 11 is 0. The van der Waals surface area contributed by atoms with E-state index in [0.29, 0.717) is 6.54 Å². The van der Waals surface area contributed by atoms with Crippen molar-refractivity contribution in [3.8, 4) is 0 Å². The Morgan fingerprint density at radius 2 is 2.44 bits per heavy atom. The lowest BCUT2D eigenvalue weighted by molar-refractivity contribution is 0.0727. The van der Waals surface area contributed by atoms with E-state index in [1.807, 2.05) is 6.92 Å². The van der Waals surface area contributed by atoms with Gasteiger partial charge in [-0.15, -0.1) is 0 Å². The molecule has 0 bridgehead atoms. The quantitative estimate of drug-likeness (QED) is 0.696. The molecule has 1 unspecified atom stereocenters. The van der Waals surface area contributed by atoms with Crippen molar-refractivity contribution in [2.24, 2.45) is 0 Å². The Morgan fingerprint density at radius 1 is 1.69 bits per heavy atom. The van der Waals surface area contributed by atoms with Crippen LogP contribution in [0.2, 0.25) is 0 Å². The lowest BCUT2D eigenvalue weighted by Gasteiger charge is -2.11. The predicted octanol–water partition coefficient (Wildman–Crippen LogP) is -0.318. The summed E-state index contributed by atoms with van der Waals surface area (Å²) in [5, 5.41) is 12.2. The Kier molecular flexibility index (Phi) is 4.94. The van der Waals surface area contributed by atoms with E-state index < -0.39 is 6.10 Å². The summed E-state index contributed by atoms with van der Waals surface area (Å²) in [6, 6.07) is 0. The second-order valence-corrected chi connectivity index (χ2v) is 3.36. The van der Waals surface area contributed by atoms with Gasteiger partial charge in [0.1, 0.15) is 0 Å². The van der Waals surface area contributed by atoms with Crippen molar-refractivity contribution >= 4 is 5.82 Å². The Hall–Kier alpha value is -1.40. The molecule has 0 saturated carbocycles. The van der Waals surface area contributed by atoms with E-state index >= 15 is 0 Å². The molecule has 16 heavy (non-hydrogen) atoms. The Bertz CT molecular complexity index is 378. The van der Waals surface area contributed by atoms with E-state index in [4.69, 9.17) is 4.74 Å². The number of ether oxygens (including phenoxy) is 1. The highest BCUT2D eigenvalue weighted by atomic mass is 16.5. The molecule has 90 valence electrons. The number of anilines is 1. The summed E-state index contributed by atoms with van der Waals surface area (Å²) in [4.78, 5) is 15.6. The predicted molar refractivity (Wildman–Crippen MR) is 60.5 cm³/mol. The summed E-state index contributed by atoms with van der Waals surface area (Å²) in [6.07, 6.45) is 2.52. The van der Waals surface area contributed by atoms with Crippen LogP contribution in [-0.2, 0) is 11.3 Å². The molecule has 0 fully saturated rings. The zero-order chi connectivity index (χ0) is 12.0. The van der Waals surface area contributed by atoms with Crippen LogP contribution in [0.3, 0.4) is 0 Å². The number of aryl methyl sites for hydroxylation is 1. The second-order valence-electron chi connectivity index (χ2n) is 3.36. The van der Waals surface area contributed by atoms with Crippen molar-refractivity contribution in [1.29, 1.82) is 0 Å². The standard InChI is InChI=1S/C10H17N3O3/c1-3-13-5-4-11-9(10(13)15)12-6-8(14)7-16-2/h4-5,8,14H,3,6-7H2,1-2H3,(H,11,12). The number of nitrogens with zero attached hydrogens (tertiary/aromatic N) is 2. The number of aliphatic hydroxyl groups is 1. The van der Waals surface area contributed by atoms with Crippen molar-refractivity contribution in [3.63, 3.8) is 0 Å². The molecular weight excluding hydrogens is 210 g/mol. The SMILES string of the molecule is CCn1ccnc(NCC(O)COC)c1=O. The van der Waals surface area contributed by atoms with Gasteiger partial charge in [0.2, 0.25) is 0 Å². The minimum Gasteiger partial charge on any atom is -0.389 e. The number of aliphatic hydroxyl groups excluding tert-OH is 1. The van der Waals surface area contributed by atoms with E-state index in [1.165, 1.54) is 11.7 Å². The molecule has 0 amide bonds. The molecule has 2 N–H and O–H groups in total. The fraction of sp³-hybridized carbons (Fsp3) is 0.600. The maximum atomic E-state index is 11.7. The topological polar surface area (TPSA) is 76.4 Å². The molecule has 0 aliphatic carbocycles. The van der Waals surface area contributed by atoms with Crippen molar-refractivity contribution < 1.29 is 9.84 Å². The molecule has 0 saturated heterocycles. The summed E-state index contributed by atoms with van der Waals surface area (Å²) in [5.41, 5.74) is -0.186. The summed E-state index contributed by atoms with van der Waals surface area (Å²) in [6.45, 7) is 2.94. The van der Waals surface area contributed by atoms with Gasteiger partial charge >= 0.3 is 0 Å². The molecule has 1 aromatic rings. The third-order valence-electron chi connectivity index (χ3n) is 2.12. The van der Waals surface area contributed by atoms with E-state index in [9.17, 15) is 9.90 Å². The van der Waals surface area contributed by atoms with Crippen molar-refractivity contribution in [3.05, 3.63) is 22.7 Å². The van der Waals surface area contributed by atoms with Crippen molar-refractivity contribution in [2.75, 3.05) is 25.6 Å².